The topological polar surface area (TPSA) is 50.8 Å². The number of fused-ring (bicyclic) bond motifs is 1. The van der Waals surface area contributed by atoms with Crippen LogP contribution in [0.15, 0.2) is 48.5 Å². The third-order valence-electron chi connectivity index (χ3n) is 5.15. The quantitative estimate of drug-likeness (QED) is 0.730. The lowest BCUT2D eigenvalue weighted by Crippen LogP contribution is -2.58. The van der Waals surface area contributed by atoms with Crippen molar-refractivity contribution in [2.45, 2.75) is 32.9 Å². The molecule has 1 aliphatic heterocycles. The smallest absolute Gasteiger partial charge is 0.258 e. The Morgan fingerprint density at radius 3 is 2.46 bits per heavy atom. The maximum atomic E-state index is 13.3. The van der Waals surface area contributed by atoms with E-state index in [1.54, 1.807) is 7.11 Å². The Labute approximate surface area is 167 Å². The minimum Gasteiger partial charge on any atom is -0.493 e. The van der Waals surface area contributed by atoms with Crippen LogP contribution in [0.25, 0.3) is 0 Å². The number of ether oxygens (including phenoxy) is 2. The minimum absolute atomic E-state index is 0.0217. The summed E-state index contributed by atoms with van der Waals surface area (Å²) in [6.07, 6.45) is 0.725. The van der Waals surface area contributed by atoms with Crippen molar-refractivity contribution in [3.63, 3.8) is 0 Å². The third-order valence-corrected chi connectivity index (χ3v) is 5.15. The van der Waals surface area contributed by atoms with E-state index in [-0.39, 0.29) is 5.91 Å². The van der Waals surface area contributed by atoms with Crippen molar-refractivity contribution in [3.05, 3.63) is 59.7 Å². The molecular weight excluding hydrogens is 352 g/mol. The molecule has 1 amide bonds. The molecule has 2 aromatic rings. The highest BCUT2D eigenvalue weighted by molar-refractivity contribution is 6.02. The van der Waals surface area contributed by atoms with Crippen LogP contribution >= 0.6 is 0 Å². The molecule has 0 saturated heterocycles. The zero-order chi connectivity index (χ0) is 20.1. The lowest BCUT2D eigenvalue weighted by Gasteiger charge is -2.48. The van der Waals surface area contributed by atoms with Gasteiger partial charge in [0, 0.05) is 19.3 Å². The van der Waals surface area contributed by atoms with Crippen molar-refractivity contribution < 1.29 is 14.3 Å². The number of hydrogen-bond donors (Lipinski definition) is 1. The average Bonchev–Trinajstić information content (AvgIpc) is 2.72. The Kier molecular flexibility index (Phi) is 6.25. The number of nitrogens with zero attached hydrogens (tertiary/aromatic N) is 1. The van der Waals surface area contributed by atoms with Gasteiger partial charge in [0.05, 0.1) is 18.8 Å². The summed E-state index contributed by atoms with van der Waals surface area (Å²) < 4.78 is 11.1. The van der Waals surface area contributed by atoms with Crippen molar-refractivity contribution in [2.24, 2.45) is 5.92 Å². The number of para-hydroxylation sites is 1. The maximum Gasteiger partial charge on any atom is 0.258 e. The molecule has 0 fully saturated rings. The van der Waals surface area contributed by atoms with E-state index in [9.17, 15) is 4.79 Å². The Morgan fingerprint density at radius 2 is 1.82 bits per heavy atom. The van der Waals surface area contributed by atoms with E-state index in [1.165, 1.54) is 0 Å². The lowest BCUT2D eigenvalue weighted by atomic mass is 9.89. The number of nitrogens with one attached hydrogen (secondary N) is 1. The van der Waals surface area contributed by atoms with E-state index in [1.807, 2.05) is 53.4 Å². The maximum absolute atomic E-state index is 13.3. The second-order valence-corrected chi connectivity index (χ2v) is 7.56. The molecule has 1 atom stereocenters. The molecule has 1 N–H and O–H groups in total. The first-order valence-electron chi connectivity index (χ1n) is 9.93. The molecule has 0 aromatic heterocycles. The number of rotatable bonds is 8. The summed E-state index contributed by atoms with van der Waals surface area (Å²) in [6.45, 7) is 8.02. The van der Waals surface area contributed by atoms with Crippen molar-refractivity contribution >= 4 is 11.6 Å². The first-order chi connectivity index (χ1) is 13.5. The molecule has 5 nitrogen and oxygen atoms in total. The number of amides is 1. The van der Waals surface area contributed by atoms with Gasteiger partial charge in [0.25, 0.3) is 5.91 Å². The van der Waals surface area contributed by atoms with Gasteiger partial charge in [-0.05, 0) is 42.2 Å². The minimum atomic E-state index is -0.624. The fourth-order valence-electron chi connectivity index (χ4n) is 3.66. The first kappa shape index (κ1) is 20.2. The molecule has 28 heavy (non-hydrogen) atoms. The van der Waals surface area contributed by atoms with E-state index in [0.717, 1.165) is 23.4 Å². The van der Waals surface area contributed by atoms with Crippen LogP contribution < -0.4 is 10.1 Å². The van der Waals surface area contributed by atoms with Crippen molar-refractivity contribution in [1.82, 2.24) is 4.90 Å². The highest BCUT2D eigenvalue weighted by atomic mass is 16.5. The highest BCUT2D eigenvalue weighted by Crippen LogP contribution is 2.40. The number of methoxy groups -OCH3 is 1. The first-order valence-corrected chi connectivity index (χ1v) is 9.93. The molecule has 5 heteroatoms. The van der Waals surface area contributed by atoms with E-state index in [4.69, 9.17) is 9.47 Å². The normalized spacial score (nSPS) is 18.8. The SMILES string of the molecule is CCC1(c2ccc(OCC(C)C)cc2)Nc2ccccc2C(=O)N1CCOC. The zero-order valence-corrected chi connectivity index (χ0v) is 17.2. The molecule has 0 spiro atoms. The second-order valence-electron chi connectivity index (χ2n) is 7.56. The van der Waals surface area contributed by atoms with Gasteiger partial charge in [-0.15, -0.1) is 0 Å². The van der Waals surface area contributed by atoms with E-state index in [0.29, 0.717) is 31.2 Å². The molecule has 0 aliphatic carbocycles. The fraction of sp³-hybridized carbons (Fsp3) is 0.435. The van der Waals surface area contributed by atoms with Gasteiger partial charge in [-0.3, -0.25) is 4.79 Å². The van der Waals surface area contributed by atoms with Crippen LogP contribution in [0.2, 0.25) is 0 Å². The number of carbonyl (C=O) groups is 1. The van der Waals surface area contributed by atoms with E-state index < -0.39 is 5.66 Å². The molecule has 150 valence electrons. The van der Waals surface area contributed by atoms with Crippen LogP contribution in [-0.2, 0) is 10.4 Å². The predicted molar refractivity (Wildman–Crippen MR) is 112 cm³/mol. The molecular formula is C23H30N2O3. The fourth-order valence-corrected chi connectivity index (χ4v) is 3.66. The molecule has 1 heterocycles. The molecule has 1 aliphatic rings. The molecule has 3 rings (SSSR count). The Morgan fingerprint density at radius 1 is 1.11 bits per heavy atom. The largest absolute Gasteiger partial charge is 0.493 e. The molecule has 0 bridgehead atoms. The number of benzene rings is 2. The van der Waals surface area contributed by atoms with Gasteiger partial charge in [-0.1, -0.05) is 45.0 Å². The van der Waals surface area contributed by atoms with Crippen LogP contribution in [0.1, 0.15) is 43.1 Å². The van der Waals surface area contributed by atoms with Gasteiger partial charge in [0.15, 0.2) is 0 Å². The summed E-state index contributed by atoms with van der Waals surface area (Å²) in [4.78, 5) is 15.2. The standard InChI is InChI=1S/C23H30N2O3/c1-5-23(18-10-12-19(13-11-18)28-16-17(2)3)24-21-9-7-6-8-20(21)22(26)25(23)14-15-27-4/h6-13,17,24H,5,14-16H2,1-4H3. The van der Waals surface area contributed by atoms with Crippen LogP contribution in [0, 0.1) is 5.92 Å². The Hall–Kier alpha value is -2.53. The summed E-state index contributed by atoms with van der Waals surface area (Å²) in [5.74, 6) is 1.34. The van der Waals surface area contributed by atoms with Gasteiger partial charge in [0.2, 0.25) is 0 Å². The number of anilines is 1. The van der Waals surface area contributed by atoms with Crippen LogP contribution in [0.5, 0.6) is 5.75 Å². The van der Waals surface area contributed by atoms with Gasteiger partial charge < -0.3 is 19.7 Å². The van der Waals surface area contributed by atoms with Gasteiger partial charge in [0.1, 0.15) is 11.4 Å². The summed E-state index contributed by atoms with van der Waals surface area (Å²) in [6, 6.07) is 15.7. The molecule has 0 radical (unpaired) electrons. The average molecular weight is 383 g/mol. The van der Waals surface area contributed by atoms with Gasteiger partial charge >= 0.3 is 0 Å². The summed E-state index contributed by atoms with van der Waals surface area (Å²) in [5, 5.41) is 3.64. The summed E-state index contributed by atoms with van der Waals surface area (Å²) in [7, 11) is 1.66. The summed E-state index contributed by atoms with van der Waals surface area (Å²) >= 11 is 0. The molecule has 1 unspecified atom stereocenters. The van der Waals surface area contributed by atoms with E-state index in [2.05, 4.69) is 26.1 Å². The number of carbonyl (C=O) groups excluding carboxylic acids is 1. The van der Waals surface area contributed by atoms with Crippen LogP contribution in [-0.4, -0.2) is 37.7 Å². The summed E-state index contributed by atoms with van der Waals surface area (Å²) in [5.41, 5.74) is 1.97. The predicted octanol–water partition coefficient (Wildman–Crippen LogP) is 4.50. The monoisotopic (exact) mass is 382 g/mol. The Bertz CT molecular complexity index is 804. The van der Waals surface area contributed by atoms with Crippen molar-refractivity contribution in [1.29, 1.82) is 0 Å². The van der Waals surface area contributed by atoms with E-state index >= 15 is 0 Å². The zero-order valence-electron chi connectivity index (χ0n) is 17.2. The van der Waals surface area contributed by atoms with Gasteiger partial charge in [-0.2, -0.15) is 0 Å². The molecule has 2 aromatic carbocycles. The number of hydrogen-bond acceptors (Lipinski definition) is 4. The lowest BCUT2D eigenvalue weighted by molar-refractivity contribution is 0.0381. The van der Waals surface area contributed by atoms with Crippen LogP contribution in [0.4, 0.5) is 5.69 Å². The van der Waals surface area contributed by atoms with Crippen molar-refractivity contribution in [3.8, 4) is 5.75 Å². The third kappa shape index (κ3) is 3.85. The molecule has 0 saturated carbocycles. The second kappa shape index (κ2) is 8.65. The van der Waals surface area contributed by atoms with Crippen LogP contribution in [0.3, 0.4) is 0 Å². The van der Waals surface area contributed by atoms with Crippen molar-refractivity contribution in [2.75, 3.05) is 32.2 Å². The highest BCUT2D eigenvalue weighted by Gasteiger charge is 2.44. The van der Waals surface area contributed by atoms with Gasteiger partial charge in [-0.25, -0.2) is 0 Å². The Balaban J connectivity index is 1.99.